The molecule has 2 rings (SSSR count). The molecule has 1 aliphatic rings. The van der Waals surface area contributed by atoms with Gasteiger partial charge >= 0.3 is 6.18 Å². The summed E-state index contributed by atoms with van der Waals surface area (Å²) in [4.78, 5) is 3.31. The quantitative estimate of drug-likeness (QED) is 0.875. The van der Waals surface area contributed by atoms with Crippen molar-refractivity contribution in [3.63, 3.8) is 0 Å². The van der Waals surface area contributed by atoms with Crippen molar-refractivity contribution in [2.45, 2.75) is 38.4 Å². The molecule has 0 amide bonds. The Balaban J connectivity index is 2.15. The van der Waals surface area contributed by atoms with Gasteiger partial charge in [-0.3, -0.25) is 0 Å². The Hall–Kier alpha value is -1.46. The van der Waals surface area contributed by atoms with Crippen LogP contribution in [0.15, 0.2) is 12.3 Å². The normalized spacial score (nSPS) is 18.2. The predicted molar refractivity (Wildman–Crippen MR) is 64.1 cm³/mol. The highest BCUT2D eigenvalue weighted by atomic mass is 19.4. The van der Waals surface area contributed by atoms with Crippen molar-refractivity contribution < 1.29 is 13.2 Å². The molecule has 3 N–H and O–H groups in total. The molecule has 0 aliphatic heterocycles. The van der Waals surface area contributed by atoms with Gasteiger partial charge in [-0.15, -0.1) is 0 Å². The first-order chi connectivity index (χ1) is 8.38. The second kappa shape index (κ2) is 4.66. The van der Waals surface area contributed by atoms with Crippen LogP contribution in [0.2, 0.25) is 0 Å². The molecule has 1 heterocycles. The summed E-state index contributed by atoms with van der Waals surface area (Å²) in [7, 11) is 0. The van der Waals surface area contributed by atoms with Crippen LogP contribution in [0.4, 0.5) is 24.5 Å². The highest BCUT2D eigenvalue weighted by Crippen LogP contribution is 2.34. The van der Waals surface area contributed by atoms with E-state index in [9.17, 15) is 13.2 Å². The minimum atomic E-state index is -4.44. The van der Waals surface area contributed by atoms with Gasteiger partial charge in [0.05, 0.1) is 17.6 Å². The summed E-state index contributed by atoms with van der Waals surface area (Å²) in [5, 5.41) is 3.06. The number of anilines is 2. The molecule has 1 fully saturated rings. The molecule has 1 atom stereocenters. The van der Waals surface area contributed by atoms with Crippen molar-refractivity contribution in [3.8, 4) is 0 Å². The van der Waals surface area contributed by atoms with Gasteiger partial charge in [-0.05, 0) is 31.7 Å². The van der Waals surface area contributed by atoms with E-state index in [4.69, 9.17) is 5.73 Å². The fourth-order valence-electron chi connectivity index (χ4n) is 2.05. The van der Waals surface area contributed by atoms with Crippen LogP contribution in [0.25, 0.3) is 0 Å². The second-order valence-electron chi connectivity index (χ2n) is 4.78. The fourth-order valence-corrected chi connectivity index (χ4v) is 2.05. The van der Waals surface area contributed by atoms with Gasteiger partial charge in [-0.1, -0.05) is 6.42 Å². The molecule has 1 aliphatic carbocycles. The zero-order valence-electron chi connectivity index (χ0n) is 10.1. The zero-order valence-corrected chi connectivity index (χ0v) is 10.1. The second-order valence-corrected chi connectivity index (χ2v) is 4.78. The average molecular weight is 259 g/mol. The summed E-state index contributed by atoms with van der Waals surface area (Å²) in [5.74, 6) is 0.520. The number of aromatic nitrogens is 1. The summed E-state index contributed by atoms with van der Waals surface area (Å²) in [5.41, 5.74) is 5.29. The smallest absolute Gasteiger partial charge is 0.396 e. The van der Waals surface area contributed by atoms with E-state index in [0.29, 0.717) is 11.6 Å². The third kappa shape index (κ3) is 2.68. The van der Waals surface area contributed by atoms with E-state index in [1.54, 1.807) is 0 Å². The van der Waals surface area contributed by atoms with Crippen LogP contribution < -0.4 is 11.1 Å². The van der Waals surface area contributed by atoms with Crippen LogP contribution in [0, 0.1) is 5.92 Å². The van der Waals surface area contributed by atoms with Gasteiger partial charge in [0.1, 0.15) is 5.69 Å². The first kappa shape index (κ1) is 13.0. The number of nitrogens with one attached hydrogen (secondary N) is 1. The molecular formula is C12H16F3N3. The maximum absolute atomic E-state index is 12.5. The third-order valence-electron chi connectivity index (χ3n) is 3.47. The van der Waals surface area contributed by atoms with Gasteiger partial charge in [0.15, 0.2) is 0 Å². The Kier molecular flexibility index (Phi) is 3.36. The number of hydrogen-bond donors (Lipinski definition) is 2. The SMILES string of the molecule is CC(Nc1cc(C(F)(F)F)ncc1N)C1CCC1. The first-order valence-electron chi connectivity index (χ1n) is 5.97. The van der Waals surface area contributed by atoms with Crippen molar-refractivity contribution in [1.29, 1.82) is 0 Å². The van der Waals surface area contributed by atoms with Crippen LogP contribution in [-0.4, -0.2) is 11.0 Å². The van der Waals surface area contributed by atoms with E-state index in [1.807, 2.05) is 6.92 Å². The van der Waals surface area contributed by atoms with Crippen molar-refractivity contribution in [1.82, 2.24) is 4.98 Å². The molecule has 0 bridgehead atoms. The van der Waals surface area contributed by atoms with E-state index in [0.717, 1.165) is 25.1 Å². The minimum absolute atomic E-state index is 0.129. The summed E-state index contributed by atoms with van der Waals surface area (Å²) < 4.78 is 37.6. The van der Waals surface area contributed by atoms with Gasteiger partial charge in [0.2, 0.25) is 0 Å². The highest BCUT2D eigenvalue weighted by Gasteiger charge is 2.33. The van der Waals surface area contributed by atoms with Crippen LogP contribution in [0.3, 0.4) is 0 Å². The van der Waals surface area contributed by atoms with Gasteiger partial charge in [0, 0.05) is 6.04 Å². The number of halogens is 3. The summed E-state index contributed by atoms with van der Waals surface area (Å²) in [6.45, 7) is 1.97. The van der Waals surface area contributed by atoms with Crippen molar-refractivity contribution in [3.05, 3.63) is 18.0 Å². The maximum Gasteiger partial charge on any atom is 0.433 e. The molecular weight excluding hydrogens is 243 g/mol. The lowest BCUT2D eigenvalue weighted by Crippen LogP contribution is -2.31. The summed E-state index contributed by atoms with van der Waals surface area (Å²) in [6, 6.07) is 1.11. The maximum atomic E-state index is 12.5. The minimum Gasteiger partial charge on any atom is -0.396 e. The molecule has 18 heavy (non-hydrogen) atoms. The molecule has 1 saturated carbocycles. The number of pyridine rings is 1. The number of hydrogen-bond acceptors (Lipinski definition) is 3. The Labute approximate surface area is 104 Å². The largest absolute Gasteiger partial charge is 0.433 e. The molecule has 0 aromatic carbocycles. The van der Waals surface area contributed by atoms with Crippen molar-refractivity contribution >= 4 is 11.4 Å². The number of nitrogens with two attached hydrogens (primary N) is 1. The summed E-state index contributed by atoms with van der Waals surface area (Å²) >= 11 is 0. The lowest BCUT2D eigenvalue weighted by atomic mass is 9.80. The number of rotatable bonds is 3. The topological polar surface area (TPSA) is 50.9 Å². The number of nitrogen functional groups attached to an aromatic ring is 1. The molecule has 1 unspecified atom stereocenters. The molecule has 100 valence electrons. The van der Waals surface area contributed by atoms with Crippen LogP contribution in [-0.2, 0) is 6.18 Å². The van der Waals surface area contributed by atoms with Crippen molar-refractivity contribution in [2.24, 2.45) is 5.92 Å². The van der Waals surface area contributed by atoms with Crippen LogP contribution in [0.5, 0.6) is 0 Å². The third-order valence-corrected chi connectivity index (χ3v) is 3.47. The molecule has 3 nitrogen and oxygen atoms in total. The van der Waals surface area contributed by atoms with Gasteiger partial charge in [0.25, 0.3) is 0 Å². The monoisotopic (exact) mass is 259 g/mol. The van der Waals surface area contributed by atoms with E-state index in [1.165, 1.54) is 6.42 Å². The van der Waals surface area contributed by atoms with Crippen LogP contribution >= 0.6 is 0 Å². The van der Waals surface area contributed by atoms with Gasteiger partial charge < -0.3 is 11.1 Å². The summed E-state index contributed by atoms with van der Waals surface area (Å²) in [6.07, 6.45) is 0.0371. The lowest BCUT2D eigenvalue weighted by Gasteiger charge is -2.32. The van der Waals surface area contributed by atoms with E-state index in [-0.39, 0.29) is 11.7 Å². The Morgan fingerprint density at radius 2 is 2.11 bits per heavy atom. The van der Waals surface area contributed by atoms with E-state index < -0.39 is 11.9 Å². The predicted octanol–water partition coefficient (Wildman–Crippen LogP) is 3.28. The molecule has 0 radical (unpaired) electrons. The zero-order chi connectivity index (χ0) is 13.3. The van der Waals surface area contributed by atoms with Gasteiger partial charge in [-0.2, -0.15) is 13.2 Å². The fraction of sp³-hybridized carbons (Fsp3) is 0.583. The number of alkyl halides is 3. The molecule has 0 saturated heterocycles. The molecule has 1 aromatic rings. The molecule has 1 aromatic heterocycles. The standard InChI is InChI=1S/C12H16F3N3/c1-7(8-3-2-4-8)18-10-5-11(12(13,14)15)17-6-9(10)16/h5-8H,2-4,16H2,1H3,(H,17,18). The van der Waals surface area contributed by atoms with Crippen molar-refractivity contribution in [2.75, 3.05) is 11.1 Å². The van der Waals surface area contributed by atoms with Gasteiger partial charge in [-0.25, -0.2) is 4.98 Å². The molecule has 0 spiro atoms. The van der Waals surface area contributed by atoms with E-state index in [2.05, 4.69) is 10.3 Å². The number of nitrogens with zero attached hydrogens (tertiary/aromatic N) is 1. The highest BCUT2D eigenvalue weighted by molar-refractivity contribution is 5.65. The van der Waals surface area contributed by atoms with Crippen LogP contribution in [0.1, 0.15) is 31.9 Å². The Morgan fingerprint density at radius 3 is 2.61 bits per heavy atom. The average Bonchev–Trinajstić information content (AvgIpc) is 2.16. The lowest BCUT2D eigenvalue weighted by molar-refractivity contribution is -0.141. The Bertz CT molecular complexity index is 427. The van der Waals surface area contributed by atoms with E-state index >= 15 is 0 Å². The first-order valence-corrected chi connectivity index (χ1v) is 5.97. The Morgan fingerprint density at radius 1 is 1.44 bits per heavy atom. The molecule has 6 heteroatoms.